The van der Waals surface area contributed by atoms with Crippen LogP contribution in [0.25, 0.3) is 0 Å². The standard InChI is InChI=1S/C9H10ClFO4S/c1-5-4-6(11)7(14-2)8(15-3)9(5)16(10,12)13/h4H,1-3H3. The van der Waals surface area contributed by atoms with Crippen LogP contribution in [-0.2, 0) is 9.05 Å². The monoisotopic (exact) mass is 268 g/mol. The lowest BCUT2D eigenvalue weighted by atomic mass is 10.2. The maximum absolute atomic E-state index is 13.4. The minimum atomic E-state index is -4.03. The predicted molar refractivity (Wildman–Crippen MR) is 57.3 cm³/mol. The van der Waals surface area contributed by atoms with Gasteiger partial charge in [0.1, 0.15) is 4.90 Å². The van der Waals surface area contributed by atoms with Gasteiger partial charge in [-0.3, -0.25) is 0 Å². The van der Waals surface area contributed by atoms with Gasteiger partial charge in [0.05, 0.1) is 14.2 Å². The molecule has 0 radical (unpaired) electrons. The molecule has 0 atom stereocenters. The van der Waals surface area contributed by atoms with E-state index < -0.39 is 14.9 Å². The van der Waals surface area contributed by atoms with Crippen LogP contribution in [0.15, 0.2) is 11.0 Å². The second-order valence-corrected chi connectivity index (χ2v) is 5.51. The summed E-state index contributed by atoms with van der Waals surface area (Å²) < 4.78 is 45.6. The van der Waals surface area contributed by atoms with Crippen LogP contribution in [-0.4, -0.2) is 22.6 Å². The van der Waals surface area contributed by atoms with Crippen molar-refractivity contribution in [2.45, 2.75) is 11.8 Å². The lowest BCUT2D eigenvalue weighted by Gasteiger charge is -2.13. The van der Waals surface area contributed by atoms with Gasteiger partial charge in [0.25, 0.3) is 9.05 Å². The normalized spacial score (nSPS) is 11.3. The summed E-state index contributed by atoms with van der Waals surface area (Å²) in [5, 5.41) is 0. The topological polar surface area (TPSA) is 52.6 Å². The zero-order chi connectivity index (χ0) is 12.5. The summed E-state index contributed by atoms with van der Waals surface area (Å²) in [6.07, 6.45) is 0. The number of methoxy groups -OCH3 is 2. The summed E-state index contributed by atoms with van der Waals surface area (Å²) in [6.45, 7) is 1.42. The molecule has 7 heteroatoms. The molecule has 0 unspecified atom stereocenters. The Morgan fingerprint density at radius 2 is 1.75 bits per heavy atom. The molecule has 1 aromatic carbocycles. The summed E-state index contributed by atoms with van der Waals surface area (Å²) in [5.41, 5.74) is 0.158. The molecule has 16 heavy (non-hydrogen) atoms. The van der Waals surface area contributed by atoms with E-state index in [0.29, 0.717) is 0 Å². The van der Waals surface area contributed by atoms with Crippen molar-refractivity contribution in [3.05, 3.63) is 17.4 Å². The van der Waals surface area contributed by atoms with E-state index in [2.05, 4.69) is 0 Å². The number of ether oxygens (including phenoxy) is 2. The first-order chi connectivity index (χ1) is 7.32. The van der Waals surface area contributed by atoms with Crippen LogP contribution in [0.2, 0.25) is 0 Å². The van der Waals surface area contributed by atoms with Crippen molar-refractivity contribution < 1.29 is 22.3 Å². The van der Waals surface area contributed by atoms with Crippen LogP contribution in [0.4, 0.5) is 4.39 Å². The van der Waals surface area contributed by atoms with Gasteiger partial charge < -0.3 is 9.47 Å². The molecule has 0 heterocycles. The van der Waals surface area contributed by atoms with Crippen molar-refractivity contribution in [1.29, 1.82) is 0 Å². The Hall–Kier alpha value is -1.01. The van der Waals surface area contributed by atoms with E-state index in [-0.39, 0.29) is 22.0 Å². The summed E-state index contributed by atoms with van der Waals surface area (Å²) in [7, 11) is 3.64. The van der Waals surface area contributed by atoms with Crippen molar-refractivity contribution in [3.63, 3.8) is 0 Å². The van der Waals surface area contributed by atoms with Crippen molar-refractivity contribution >= 4 is 19.7 Å². The Balaban J connectivity index is 3.73. The molecular formula is C9H10ClFO4S. The van der Waals surface area contributed by atoms with Crippen LogP contribution in [0, 0.1) is 12.7 Å². The van der Waals surface area contributed by atoms with Crippen molar-refractivity contribution in [2.75, 3.05) is 14.2 Å². The van der Waals surface area contributed by atoms with E-state index in [0.717, 1.165) is 6.07 Å². The van der Waals surface area contributed by atoms with Crippen molar-refractivity contribution in [2.24, 2.45) is 0 Å². The highest BCUT2D eigenvalue weighted by Crippen LogP contribution is 2.40. The van der Waals surface area contributed by atoms with Gasteiger partial charge in [-0.15, -0.1) is 0 Å². The van der Waals surface area contributed by atoms with Crippen LogP contribution < -0.4 is 9.47 Å². The van der Waals surface area contributed by atoms with E-state index in [9.17, 15) is 12.8 Å². The zero-order valence-corrected chi connectivity index (χ0v) is 10.4. The molecule has 90 valence electrons. The van der Waals surface area contributed by atoms with Gasteiger partial charge in [0.15, 0.2) is 17.3 Å². The molecule has 0 aliphatic carbocycles. The molecular weight excluding hydrogens is 259 g/mol. The van der Waals surface area contributed by atoms with Crippen LogP contribution in [0.1, 0.15) is 5.56 Å². The second kappa shape index (κ2) is 4.47. The molecule has 0 fully saturated rings. The molecule has 0 aliphatic rings. The average Bonchev–Trinajstić information content (AvgIpc) is 2.14. The van der Waals surface area contributed by atoms with Gasteiger partial charge in [-0.05, 0) is 18.6 Å². The first kappa shape index (κ1) is 13.1. The van der Waals surface area contributed by atoms with Gasteiger partial charge in [0.2, 0.25) is 0 Å². The Kier molecular flexibility index (Phi) is 3.64. The van der Waals surface area contributed by atoms with Gasteiger partial charge in [-0.25, -0.2) is 12.8 Å². The molecule has 0 amide bonds. The van der Waals surface area contributed by atoms with E-state index in [1.54, 1.807) is 0 Å². The number of rotatable bonds is 3. The molecule has 0 saturated heterocycles. The summed E-state index contributed by atoms with van der Waals surface area (Å²) in [6, 6.07) is 1.02. The Morgan fingerprint density at radius 3 is 2.12 bits per heavy atom. The Bertz CT molecular complexity index is 513. The molecule has 0 spiro atoms. The highest BCUT2D eigenvalue weighted by atomic mass is 35.7. The number of hydrogen-bond donors (Lipinski definition) is 0. The fourth-order valence-corrected chi connectivity index (χ4v) is 2.81. The zero-order valence-electron chi connectivity index (χ0n) is 8.87. The van der Waals surface area contributed by atoms with Gasteiger partial charge in [-0.2, -0.15) is 0 Å². The summed E-state index contributed by atoms with van der Waals surface area (Å²) >= 11 is 0. The highest BCUT2D eigenvalue weighted by molar-refractivity contribution is 8.13. The maximum Gasteiger partial charge on any atom is 0.265 e. The average molecular weight is 269 g/mol. The Morgan fingerprint density at radius 1 is 1.25 bits per heavy atom. The molecule has 0 aromatic heterocycles. The SMILES string of the molecule is COc1c(F)cc(C)c(S(=O)(=O)Cl)c1OC. The van der Waals surface area contributed by atoms with E-state index in [1.165, 1.54) is 21.1 Å². The lowest BCUT2D eigenvalue weighted by Crippen LogP contribution is -2.03. The van der Waals surface area contributed by atoms with Crippen LogP contribution >= 0.6 is 10.7 Å². The molecule has 0 N–H and O–H groups in total. The lowest BCUT2D eigenvalue weighted by molar-refractivity contribution is 0.329. The minimum Gasteiger partial charge on any atom is -0.491 e. The van der Waals surface area contributed by atoms with E-state index in [1.807, 2.05) is 0 Å². The third-order valence-corrected chi connectivity index (χ3v) is 3.44. The van der Waals surface area contributed by atoms with Gasteiger partial charge >= 0.3 is 0 Å². The molecule has 1 rings (SSSR count). The predicted octanol–water partition coefficient (Wildman–Crippen LogP) is 2.08. The number of hydrogen-bond acceptors (Lipinski definition) is 4. The van der Waals surface area contributed by atoms with Crippen LogP contribution in [0.3, 0.4) is 0 Å². The van der Waals surface area contributed by atoms with E-state index in [4.69, 9.17) is 20.2 Å². The largest absolute Gasteiger partial charge is 0.491 e. The molecule has 0 saturated carbocycles. The molecule has 1 aromatic rings. The third-order valence-electron chi connectivity index (χ3n) is 1.98. The third kappa shape index (κ3) is 2.22. The number of benzene rings is 1. The number of aryl methyl sites for hydroxylation is 1. The van der Waals surface area contributed by atoms with Crippen LogP contribution in [0.5, 0.6) is 11.5 Å². The summed E-state index contributed by atoms with van der Waals surface area (Å²) in [5.74, 6) is -1.22. The smallest absolute Gasteiger partial charge is 0.265 e. The highest BCUT2D eigenvalue weighted by Gasteiger charge is 2.26. The quantitative estimate of drug-likeness (QED) is 0.788. The fraction of sp³-hybridized carbons (Fsp3) is 0.333. The second-order valence-electron chi connectivity index (χ2n) is 3.01. The van der Waals surface area contributed by atoms with E-state index >= 15 is 0 Å². The van der Waals surface area contributed by atoms with Crippen molar-refractivity contribution in [3.8, 4) is 11.5 Å². The maximum atomic E-state index is 13.4. The fourth-order valence-electron chi connectivity index (χ4n) is 1.39. The molecule has 0 bridgehead atoms. The first-order valence-electron chi connectivity index (χ1n) is 4.18. The van der Waals surface area contributed by atoms with Gasteiger partial charge in [0, 0.05) is 10.7 Å². The van der Waals surface area contributed by atoms with Gasteiger partial charge in [-0.1, -0.05) is 0 Å². The minimum absolute atomic E-state index is 0.158. The number of halogens is 2. The first-order valence-corrected chi connectivity index (χ1v) is 6.49. The molecule has 0 aliphatic heterocycles. The Labute approximate surface area is 97.4 Å². The summed E-state index contributed by atoms with van der Waals surface area (Å²) in [4.78, 5) is -0.282. The molecule has 4 nitrogen and oxygen atoms in total. The van der Waals surface area contributed by atoms with Crippen molar-refractivity contribution in [1.82, 2.24) is 0 Å².